The Morgan fingerprint density at radius 1 is 1.22 bits per heavy atom. The van der Waals surface area contributed by atoms with Crippen molar-refractivity contribution in [1.29, 1.82) is 0 Å². The number of Topliss-reactive ketones (excluding diaryl/α,β-unsaturated/α-hetero) is 1. The van der Waals surface area contributed by atoms with Gasteiger partial charge in [0.05, 0.1) is 5.75 Å². The Hall–Kier alpha value is -1.20. The lowest BCUT2D eigenvalue weighted by Crippen LogP contribution is -2.45. The van der Waals surface area contributed by atoms with Gasteiger partial charge in [-0.2, -0.15) is 0 Å². The lowest BCUT2D eigenvalue weighted by atomic mass is 9.70. The normalized spacial score (nSPS) is 29.1. The molecule has 2 saturated carbocycles. The van der Waals surface area contributed by atoms with Crippen LogP contribution in [0.15, 0.2) is 30.3 Å². The van der Waals surface area contributed by atoms with Gasteiger partial charge in [0.2, 0.25) is 10.0 Å². The van der Waals surface area contributed by atoms with Crippen LogP contribution in [-0.4, -0.2) is 26.5 Å². The molecule has 0 unspecified atom stereocenters. The standard InChI is InChI=1S/C18H25NO3S/c1-17(2)15-8-10-18(17,16(20)12-15)13-23(21,22)19-11-9-14-6-4-3-5-7-14/h3-7,15,19H,8-13H2,1-2H3/t15-,18+/m1/s1. The number of benzene rings is 1. The third kappa shape index (κ3) is 2.85. The van der Waals surface area contributed by atoms with Crippen molar-refractivity contribution in [3.8, 4) is 0 Å². The molecule has 5 heteroatoms. The van der Waals surface area contributed by atoms with Crippen molar-refractivity contribution in [3.05, 3.63) is 35.9 Å². The molecular weight excluding hydrogens is 310 g/mol. The lowest BCUT2D eigenvalue weighted by Gasteiger charge is -2.36. The second-order valence-electron chi connectivity index (χ2n) is 7.56. The average Bonchev–Trinajstić information content (AvgIpc) is 2.82. The molecule has 3 rings (SSSR count). The van der Waals surface area contributed by atoms with Gasteiger partial charge in [-0.05, 0) is 36.2 Å². The Balaban J connectivity index is 1.66. The maximum atomic E-state index is 12.5. The van der Waals surface area contributed by atoms with Crippen LogP contribution in [0.2, 0.25) is 0 Å². The molecule has 1 aromatic rings. The van der Waals surface area contributed by atoms with Gasteiger partial charge in [-0.15, -0.1) is 0 Å². The van der Waals surface area contributed by atoms with Crippen molar-refractivity contribution in [2.45, 2.75) is 39.5 Å². The molecule has 2 aliphatic carbocycles. The van der Waals surface area contributed by atoms with E-state index in [0.29, 0.717) is 31.7 Å². The number of rotatable bonds is 6. The zero-order valence-electron chi connectivity index (χ0n) is 13.8. The smallest absolute Gasteiger partial charge is 0.212 e. The maximum absolute atomic E-state index is 12.5. The van der Waals surface area contributed by atoms with E-state index in [1.807, 2.05) is 30.3 Å². The Morgan fingerprint density at radius 3 is 2.48 bits per heavy atom. The van der Waals surface area contributed by atoms with E-state index in [-0.39, 0.29) is 17.0 Å². The highest BCUT2D eigenvalue weighted by molar-refractivity contribution is 7.89. The molecule has 1 aromatic carbocycles. The fourth-order valence-electron chi connectivity index (χ4n) is 4.48. The first kappa shape index (κ1) is 16.7. The van der Waals surface area contributed by atoms with Crippen LogP contribution in [-0.2, 0) is 21.2 Å². The quantitative estimate of drug-likeness (QED) is 0.869. The molecule has 0 spiro atoms. The molecule has 0 radical (unpaired) electrons. The van der Waals surface area contributed by atoms with Crippen LogP contribution < -0.4 is 4.72 Å². The van der Waals surface area contributed by atoms with Crippen molar-refractivity contribution in [2.75, 3.05) is 12.3 Å². The molecule has 2 atom stereocenters. The molecule has 126 valence electrons. The molecular formula is C18H25NO3S. The second kappa shape index (κ2) is 5.71. The fraction of sp³-hybridized carbons (Fsp3) is 0.611. The molecule has 0 amide bonds. The molecule has 1 N–H and O–H groups in total. The lowest BCUT2D eigenvalue weighted by molar-refractivity contribution is -0.128. The summed E-state index contributed by atoms with van der Waals surface area (Å²) < 4.78 is 27.7. The first-order valence-electron chi connectivity index (χ1n) is 8.31. The van der Waals surface area contributed by atoms with Gasteiger partial charge < -0.3 is 0 Å². The summed E-state index contributed by atoms with van der Waals surface area (Å²) in [4.78, 5) is 12.5. The minimum absolute atomic E-state index is 0.0584. The summed E-state index contributed by atoms with van der Waals surface area (Å²) in [6.07, 6.45) is 2.89. The van der Waals surface area contributed by atoms with Crippen molar-refractivity contribution in [3.63, 3.8) is 0 Å². The largest absolute Gasteiger partial charge is 0.299 e. The minimum atomic E-state index is -3.45. The van der Waals surface area contributed by atoms with Crippen LogP contribution in [0.25, 0.3) is 0 Å². The van der Waals surface area contributed by atoms with Gasteiger partial charge in [-0.3, -0.25) is 4.79 Å². The van der Waals surface area contributed by atoms with Gasteiger partial charge in [0.25, 0.3) is 0 Å². The first-order chi connectivity index (χ1) is 10.8. The maximum Gasteiger partial charge on any atom is 0.212 e. The van der Waals surface area contributed by atoms with Gasteiger partial charge in [0.15, 0.2) is 0 Å². The van der Waals surface area contributed by atoms with Crippen molar-refractivity contribution in [2.24, 2.45) is 16.7 Å². The Morgan fingerprint density at radius 2 is 1.91 bits per heavy atom. The second-order valence-corrected chi connectivity index (χ2v) is 9.36. The summed E-state index contributed by atoms with van der Waals surface area (Å²) >= 11 is 0. The van der Waals surface area contributed by atoms with Gasteiger partial charge in [-0.25, -0.2) is 13.1 Å². The zero-order chi connectivity index (χ0) is 16.7. The fourth-order valence-corrected chi connectivity index (χ4v) is 6.32. The van der Waals surface area contributed by atoms with E-state index < -0.39 is 15.4 Å². The number of sulfonamides is 1. The number of hydrogen-bond donors (Lipinski definition) is 1. The number of carbonyl (C=O) groups excluding carboxylic acids is 1. The minimum Gasteiger partial charge on any atom is -0.299 e. The highest BCUT2D eigenvalue weighted by Gasteiger charge is 2.65. The van der Waals surface area contributed by atoms with E-state index in [4.69, 9.17) is 0 Å². The number of nitrogens with one attached hydrogen (secondary N) is 1. The van der Waals surface area contributed by atoms with Crippen LogP contribution in [0.4, 0.5) is 0 Å². The predicted molar refractivity (Wildman–Crippen MR) is 90.5 cm³/mol. The van der Waals surface area contributed by atoms with Gasteiger partial charge in [-0.1, -0.05) is 44.2 Å². The number of fused-ring (bicyclic) bond motifs is 2. The summed E-state index contributed by atoms with van der Waals surface area (Å²) in [5.74, 6) is 0.429. The van der Waals surface area contributed by atoms with E-state index in [0.717, 1.165) is 12.0 Å². The molecule has 0 heterocycles. The highest BCUT2D eigenvalue weighted by atomic mass is 32.2. The topological polar surface area (TPSA) is 63.2 Å². The summed E-state index contributed by atoms with van der Waals surface area (Å²) in [6, 6.07) is 9.80. The predicted octanol–water partition coefficient (Wildman–Crippen LogP) is 2.54. The third-order valence-electron chi connectivity index (χ3n) is 6.15. The van der Waals surface area contributed by atoms with Gasteiger partial charge in [0, 0.05) is 18.4 Å². The van der Waals surface area contributed by atoms with Crippen LogP contribution in [0.5, 0.6) is 0 Å². The summed E-state index contributed by atoms with van der Waals surface area (Å²) in [5, 5.41) is 0. The molecule has 0 aliphatic heterocycles. The number of carbonyl (C=O) groups is 1. The van der Waals surface area contributed by atoms with Crippen molar-refractivity contribution < 1.29 is 13.2 Å². The van der Waals surface area contributed by atoms with Gasteiger partial charge >= 0.3 is 0 Å². The van der Waals surface area contributed by atoms with Crippen LogP contribution in [0.3, 0.4) is 0 Å². The van der Waals surface area contributed by atoms with E-state index in [9.17, 15) is 13.2 Å². The molecule has 0 saturated heterocycles. The number of ketones is 1. The SMILES string of the molecule is CC1(C)[C@@H]2CC[C@]1(CS(=O)(=O)NCCc1ccccc1)C(=O)C2. The summed E-state index contributed by atoms with van der Waals surface area (Å²) in [5.41, 5.74) is 0.209. The molecule has 2 bridgehead atoms. The summed E-state index contributed by atoms with van der Waals surface area (Å²) in [7, 11) is -3.45. The Labute approximate surface area is 138 Å². The van der Waals surface area contributed by atoms with E-state index in [1.54, 1.807) is 0 Å². The van der Waals surface area contributed by atoms with Crippen LogP contribution in [0, 0.1) is 16.7 Å². The number of hydrogen-bond acceptors (Lipinski definition) is 3. The molecule has 0 aromatic heterocycles. The molecule has 2 aliphatic rings. The highest BCUT2D eigenvalue weighted by Crippen LogP contribution is 2.64. The van der Waals surface area contributed by atoms with Crippen LogP contribution >= 0.6 is 0 Å². The monoisotopic (exact) mass is 335 g/mol. The molecule has 23 heavy (non-hydrogen) atoms. The van der Waals surface area contributed by atoms with Crippen LogP contribution in [0.1, 0.15) is 38.7 Å². The van der Waals surface area contributed by atoms with Crippen molar-refractivity contribution in [1.82, 2.24) is 4.72 Å². The van der Waals surface area contributed by atoms with E-state index in [2.05, 4.69) is 18.6 Å². The Kier molecular flexibility index (Phi) is 4.13. The first-order valence-corrected chi connectivity index (χ1v) is 9.97. The van der Waals surface area contributed by atoms with E-state index in [1.165, 1.54) is 0 Å². The Bertz CT molecular complexity index is 696. The van der Waals surface area contributed by atoms with Crippen molar-refractivity contribution >= 4 is 15.8 Å². The third-order valence-corrected chi connectivity index (χ3v) is 7.67. The van der Waals surface area contributed by atoms with E-state index >= 15 is 0 Å². The summed E-state index contributed by atoms with van der Waals surface area (Å²) in [6.45, 7) is 4.50. The van der Waals surface area contributed by atoms with Gasteiger partial charge in [0.1, 0.15) is 5.78 Å². The zero-order valence-corrected chi connectivity index (χ0v) is 14.7. The molecule has 4 nitrogen and oxygen atoms in total. The average molecular weight is 335 g/mol. The molecule has 2 fully saturated rings.